The van der Waals surface area contributed by atoms with Gasteiger partial charge in [-0.05, 0) is 29.5 Å². The number of hydrogen-bond donors (Lipinski definition) is 1. The van der Waals surface area contributed by atoms with E-state index in [9.17, 15) is 4.79 Å². The van der Waals surface area contributed by atoms with Crippen LogP contribution < -0.4 is 10.1 Å². The average Bonchev–Trinajstić information content (AvgIpc) is 2.93. The summed E-state index contributed by atoms with van der Waals surface area (Å²) in [4.78, 5) is 11.8. The van der Waals surface area contributed by atoms with Crippen LogP contribution in [-0.4, -0.2) is 29.0 Å². The van der Waals surface area contributed by atoms with Crippen LogP contribution in [0, 0.1) is 0 Å². The number of aromatic nitrogens is 2. The van der Waals surface area contributed by atoms with E-state index in [4.69, 9.17) is 4.74 Å². The number of nitrogens with one attached hydrogen (secondary N) is 1. The molecule has 7 heteroatoms. The smallest absolute Gasteiger partial charge is 0.250 e. The van der Waals surface area contributed by atoms with E-state index >= 15 is 0 Å². The first kappa shape index (κ1) is 15.5. The van der Waals surface area contributed by atoms with Gasteiger partial charge >= 0.3 is 0 Å². The van der Waals surface area contributed by atoms with E-state index in [1.165, 1.54) is 17.4 Å². The molecule has 0 aliphatic carbocycles. The number of nitrogens with zero attached hydrogens (tertiary/aromatic N) is 2. The minimum absolute atomic E-state index is 0.227. The lowest BCUT2D eigenvalue weighted by atomic mass is 10.2. The Balaban J connectivity index is 1.91. The number of amides is 1. The highest BCUT2D eigenvalue weighted by Crippen LogP contribution is 2.24. The second-order valence-corrected chi connectivity index (χ2v) is 6.39. The van der Waals surface area contributed by atoms with Crippen molar-refractivity contribution in [3.63, 3.8) is 0 Å². The van der Waals surface area contributed by atoms with Crippen molar-refractivity contribution in [3.05, 3.63) is 35.9 Å². The highest BCUT2D eigenvalue weighted by Gasteiger charge is 2.05. The molecule has 0 aliphatic rings. The molecule has 1 amide bonds. The number of rotatable bonds is 6. The molecule has 2 aromatic rings. The van der Waals surface area contributed by atoms with E-state index in [1.807, 2.05) is 31.2 Å². The Bertz CT molecular complexity index is 623. The van der Waals surface area contributed by atoms with Gasteiger partial charge in [-0.2, -0.15) is 0 Å². The van der Waals surface area contributed by atoms with Crippen molar-refractivity contribution in [2.24, 2.45) is 0 Å². The van der Waals surface area contributed by atoms with E-state index in [1.54, 1.807) is 24.9 Å². The number of carbonyl (C=O) groups is 1. The largest absolute Gasteiger partial charge is 0.497 e. The van der Waals surface area contributed by atoms with Crippen molar-refractivity contribution in [1.82, 2.24) is 10.2 Å². The average molecular weight is 321 g/mol. The molecule has 2 rings (SSSR count). The van der Waals surface area contributed by atoms with Gasteiger partial charge in [0.25, 0.3) is 0 Å². The van der Waals surface area contributed by atoms with E-state index in [2.05, 4.69) is 15.5 Å². The van der Waals surface area contributed by atoms with Crippen LogP contribution >= 0.6 is 23.1 Å². The van der Waals surface area contributed by atoms with E-state index in [-0.39, 0.29) is 5.91 Å². The van der Waals surface area contributed by atoms with Crippen molar-refractivity contribution in [3.8, 4) is 5.75 Å². The lowest BCUT2D eigenvalue weighted by molar-refractivity contribution is -0.111. The molecule has 110 valence electrons. The van der Waals surface area contributed by atoms with Crippen LogP contribution in [0.2, 0.25) is 0 Å². The van der Waals surface area contributed by atoms with Crippen molar-refractivity contribution in [2.45, 2.75) is 11.3 Å². The maximum Gasteiger partial charge on any atom is 0.250 e. The first-order valence-electron chi connectivity index (χ1n) is 6.30. The number of hydrogen-bond acceptors (Lipinski definition) is 6. The summed E-state index contributed by atoms with van der Waals surface area (Å²) in [5, 5.41) is 11.1. The van der Waals surface area contributed by atoms with Gasteiger partial charge in [-0.1, -0.05) is 42.2 Å². The van der Waals surface area contributed by atoms with Gasteiger partial charge in [0.2, 0.25) is 11.0 Å². The Morgan fingerprint density at radius 3 is 2.81 bits per heavy atom. The second-order valence-electron chi connectivity index (χ2n) is 3.90. The fourth-order valence-corrected chi connectivity index (χ4v) is 3.13. The lowest BCUT2D eigenvalue weighted by Gasteiger charge is -1.99. The van der Waals surface area contributed by atoms with Gasteiger partial charge in [-0.3, -0.25) is 10.1 Å². The molecule has 0 unspecified atom stereocenters. The summed E-state index contributed by atoms with van der Waals surface area (Å²) < 4.78 is 5.93. The number of ether oxygens (including phenoxy) is 1. The number of thioether (sulfide) groups is 1. The van der Waals surface area contributed by atoms with Gasteiger partial charge in [-0.15, -0.1) is 10.2 Å². The zero-order chi connectivity index (χ0) is 15.1. The minimum atomic E-state index is -0.227. The van der Waals surface area contributed by atoms with Crippen molar-refractivity contribution in [1.29, 1.82) is 0 Å². The number of benzene rings is 1. The molecular formula is C14H15N3O2S2. The molecule has 0 spiro atoms. The quantitative estimate of drug-likeness (QED) is 0.502. The number of anilines is 1. The van der Waals surface area contributed by atoms with Gasteiger partial charge in [0, 0.05) is 6.08 Å². The van der Waals surface area contributed by atoms with Gasteiger partial charge < -0.3 is 4.74 Å². The SMILES string of the molecule is CCSc1nnc(NC(=O)/C=C\c2ccc(OC)cc2)s1. The molecule has 0 fully saturated rings. The van der Waals surface area contributed by atoms with E-state index in [0.29, 0.717) is 5.13 Å². The van der Waals surface area contributed by atoms with Crippen LogP contribution in [0.4, 0.5) is 5.13 Å². The number of methoxy groups -OCH3 is 1. The van der Waals surface area contributed by atoms with Crippen LogP contribution in [-0.2, 0) is 4.79 Å². The molecule has 0 saturated carbocycles. The standard InChI is InChI=1S/C14H15N3O2S2/c1-3-20-14-17-16-13(21-14)15-12(18)9-6-10-4-7-11(19-2)8-5-10/h4-9H,3H2,1-2H3,(H,15,16,18)/b9-6-. The van der Waals surface area contributed by atoms with Gasteiger partial charge in [0.05, 0.1) is 7.11 Å². The lowest BCUT2D eigenvalue weighted by Crippen LogP contribution is -2.07. The summed E-state index contributed by atoms with van der Waals surface area (Å²) in [5.74, 6) is 1.49. The molecule has 0 bridgehead atoms. The van der Waals surface area contributed by atoms with Gasteiger partial charge in [0.1, 0.15) is 5.75 Å². The Morgan fingerprint density at radius 1 is 1.38 bits per heavy atom. The fourth-order valence-electron chi connectivity index (χ4n) is 1.48. The van der Waals surface area contributed by atoms with Crippen molar-refractivity contribution in [2.75, 3.05) is 18.2 Å². The van der Waals surface area contributed by atoms with Gasteiger partial charge in [-0.25, -0.2) is 0 Å². The van der Waals surface area contributed by atoms with Crippen LogP contribution in [0.3, 0.4) is 0 Å². The third-order valence-corrected chi connectivity index (χ3v) is 4.30. The summed E-state index contributed by atoms with van der Waals surface area (Å²) >= 11 is 2.97. The van der Waals surface area contributed by atoms with Crippen molar-refractivity contribution >= 4 is 40.2 Å². The molecule has 21 heavy (non-hydrogen) atoms. The first-order valence-corrected chi connectivity index (χ1v) is 8.11. The molecule has 1 heterocycles. The summed E-state index contributed by atoms with van der Waals surface area (Å²) in [6, 6.07) is 7.44. The highest BCUT2D eigenvalue weighted by molar-refractivity contribution is 8.01. The molecular weight excluding hydrogens is 306 g/mol. The summed E-state index contributed by atoms with van der Waals surface area (Å²) in [6.45, 7) is 2.04. The van der Waals surface area contributed by atoms with Crippen LogP contribution in [0.25, 0.3) is 6.08 Å². The topological polar surface area (TPSA) is 64.1 Å². The zero-order valence-electron chi connectivity index (χ0n) is 11.7. The van der Waals surface area contributed by atoms with E-state index in [0.717, 1.165) is 21.4 Å². The second kappa shape index (κ2) is 7.80. The molecule has 1 N–H and O–H groups in total. The Kier molecular flexibility index (Phi) is 5.77. The Hall–Kier alpha value is -1.86. The van der Waals surface area contributed by atoms with Crippen LogP contribution in [0.1, 0.15) is 12.5 Å². The maximum absolute atomic E-state index is 11.8. The minimum Gasteiger partial charge on any atom is -0.497 e. The number of carbonyl (C=O) groups excluding carboxylic acids is 1. The predicted molar refractivity (Wildman–Crippen MR) is 87.0 cm³/mol. The molecule has 1 aromatic heterocycles. The highest BCUT2D eigenvalue weighted by atomic mass is 32.2. The summed E-state index contributed by atoms with van der Waals surface area (Å²) in [7, 11) is 1.62. The first-order chi connectivity index (χ1) is 10.2. The summed E-state index contributed by atoms with van der Waals surface area (Å²) in [6.07, 6.45) is 3.20. The predicted octanol–water partition coefficient (Wildman–Crippen LogP) is 3.31. The monoisotopic (exact) mass is 321 g/mol. The van der Waals surface area contributed by atoms with Crippen LogP contribution in [0.5, 0.6) is 5.75 Å². The summed E-state index contributed by atoms with van der Waals surface area (Å²) in [5.41, 5.74) is 0.922. The molecule has 0 radical (unpaired) electrons. The third-order valence-electron chi connectivity index (χ3n) is 2.45. The molecule has 5 nitrogen and oxygen atoms in total. The Labute approximate surface area is 131 Å². The maximum atomic E-state index is 11.8. The molecule has 0 aliphatic heterocycles. The third kappa shape index (κ3) is 4.87. The Morgan fingerprint density at radius 2 is 2.14 bits per heavy atom. The molecule has 1 aromatic carbocycles. The normalized spacial score (nSPS) is 10.8. The molecule has 0 atom stereocenters. The fraction of sp³-hybridized carbons (Fsp3) is 0.214. The molecule has 0 saturated heterocycles. The van der Waals surface area contributed by atoms with E-state index < -0.39 is 0 Å². The van der Waals surface area contributed by atoms with Crippen LogP contribution in [0.15, 0.2) is 34.7 Å². The zero-order valence-corrected chi connectivity index (χ0v) is 13.3. The van der Waals surface area contributed by atoms with Gasteiger partial charge in [0.15, 0.2) is 4.34 Å². The van der Waals surface area contributed by atoms with Crippen molar-refractivity contribution < 1.29 is 9.53 Å².